The summed E-state index contributed by atoms with van der Waals surface area (Å²) in [5, 5.41) is 4.93. The quantitative estimate of drug-likeness (QED) is 0.940. The number of hydrogen-bond donors (Lipinski definition) is 1. The van der Waals surface area contributed by atoms with Gasteiger partial charge in [-0.15, -0.1) is 0 Å². The highest BCUT2D eigenvalue weighted by molar-refractivity contribution is 6.31. The first-order chi connectivity index (χ1) is 9.37. The molecule has 1 heterocycles. The largest absolute Gasteiger partial charge is 0.321 e. The van der Waals surface area contributed by atoms with Gasteiger partial charge in [-0.05, 0) is 31.0 Å². The molecule has 0 saturated carbocycles. The smallest absolute Gasteiger partial charge is 0.123 e. The van der Waals surface area contributed by atoms with E-state index in [1.165, 1.54) is 12.1 Å². The number of aryl methyl sites for hydroxylation is 2. The Morgan fingerprint density at radius 1 is 1.45 bits per heavy atom. The molecule has 1 aromatic carbocycles. The van der Waals surface area contributed by atoms with Crippen LogP contribution in [0.15, 0.2) is 24.3 Å². The second-order valence-corrected chi connectivity index (χ2v) is 5.54. The van der Waals surface area contributed by atoms with Gasteiger partial charge in [0.15, 0.2) is 0 Å². The van der Waals surface area contributed by atoms with E-state index in [1.807, 2.05) is 27.0 Å². The molecular formula is C15H19ClFN3. The average Bonchev–Trinajstić information content (AvgIpc) is 2.65. The minimum Gasteiger partial charge on any atom is -0.321 e. The molecule has 5 heteroatoms. The molecule has 1 aromatic heterocycles. The van der Waals surface area contributed by atoms with Crippen molar-refractivity contribution in [2.75, 3.05) is 0 Å². The van der Waals surface area contributed by atoms with Crippen LogP contribution in [-0.4, -0.2) is 9.78 Å². The van der Waals surface area contributed by atoms with Gasteiger partial charge >= 0.3 is 0 Å². The predicted octanol–water partition coefficient (Wildman–Crippen LogP) is 3.33. The summed E-state index contributed by atoms with van der Waals surface area (Å²) in [6.07, 6.45) is 1.19. The van der Waals surface area contributed by atoms with Gasteiger partial charge in [-0.1, -0.05) is 30.7 Å². The lowest BCUT2D eigenvalue weighted by Crippen LogP contribution is -2.39. The molecule has 2 N–H and O–H groups in total. The molecule has 3 nitrogen and oxygen atoms in total. The Morgan fingerprint density at radius 3 is 2.65 bits per heavy atom. The molecule has 0 spiro atoms. The molecule has 0 bridgehead atoms. The van der Waals surface area contributed by atoms with E-state index in [-0.39, 0.29) is 5.82 Å². The van der Waals surface area contributed by atoms with E-state index < -0.39 is 5.54 Å². The van der Waals surface area contributed by atoms with Crippen molar-refractivity contribution in [2.24, 2.45) is 12.8 Å². The molecule has 1 atom stereocenters. The van der Waals surface area contributed by atoms with Crippen LogP contribution in [0.4, 0.5) is 4.39 Å². The van der Waals surface area contributed by atoms with Gasteiger partial charge in [0.2, 0.25) is 0 Å². The molecule has 0 aliphatic rings. The second-order valence-electron chi connectivity index (χ2n) is 5.17. The number of halogens is 2. The van der Waals surface area contributed by atoms with E-state index in [4.69, 9.17) is 17.3 Å². The fourth-order valence-corrected chi connectivity index (χ4v) is 2.63. The summed E-state index contributed by atoms with van der Waals surface area (Å²) < 4.78 is 15.2. The van der Waals surface area contributed by atoms with Gasteiger partial charge < -0.3 is 5.73 Å². The minimum atomic E-state index is -0.661. The number of aromatic nitrogens is 2. The molecule has 0 fully saturated rings. The van der Waals surface area contributed by atoms with Gasteiger partial charge in [-0.25, -0.2) is 4.39 Å². The zero-order valence-electron chi connectivity index (χ0n) is 12.0. The van der Waals surface area contributed by atoms with Crippen LogP contribution in [0.5, 0.6) is 0 Å². The number of nitrogens with two attached hydrogens (primary N) is 1. The average molecular weight is 296 g/mol. The van der Waals surface area contributed by atoms with Crippen LogP contribution in [0.3, 0.4) is 0 Å². The Labute approximate surface area is 123 Å². The van der Waals surface area contributed by atoms with Crippen molar-refractivity contribution in [2.45, 2.75) is 32.2 Å². The molecular weight excluding hydrogens is 277 g/mol. The molecule has 108 valence electrons. The third kappa shape index (κ3) is 2.72. The van der Waals surface area contributed by atoms with Crippen molar-refractivity contribution in [3.05, 3.63) is 52.1 Å². The number of nitrogens with zero attached hydrogens (tertiary/aromatic N) is 2. The van der Waals surface area contributed by atoms with Crippen LogP contribution in [0, 0.1) is 12.7 Å². The fourth-order valence-electron chi connectivity index (χ4n) is 2.40. The van der Waals surface area contributed by atoms with Gasteiger partial charge in [0.25, 0.3) is 0 Å². The van der Waals surface area contributed by atoms with Crippen molar-refractivity contribution in [3.8, 4) is 0 Å². The van der Waals surface area contributed by atoms with Crippen molar-refractivity contribution in [3.63, 3.8) is 0 Å². The monoisotopic (exact) mass is 295 g/mol. The summed E-state index contributed by atoms with van der Waals surface area (Å²) in [6.45, 7) is 3.85. The Balaban J connectivity index is 2.41. The Bertz CT molecular complexity index is 624. The molecule has 0 aliphatic carbocycles. The topological polar surface area (TPSA) is 43.8 Å². The summed E-state index contributed by atoms with van der Waals surface area (Å²) in [4.78, 5) is 0. The van der Waals surface area contributed by atoms with Crippen molar-refractivity contribution in [1.82, 2.24) is 9.78 Å². The maximum absolute atomic E-state index is 13.4. The maximum atomic E-state index is 13.4. The first kappa shape index (κ1) is 15.0. The van der Waals surface area contributed by atoms with Gasteiger partial charge in [0, 0.05) is 19.0 Å². The van der Waals surface area contributed by atoms with E-state index in [9.17, 15) is 4.39 Å². The highest BCUT2D eigenvalue weighted by atomic mass is 35.5. The minimum absolute atomic E-state index is 0.280. The van der Waals surface area contributed by atoms with Crippen molar-refractivity contribution in [1.29, 1.82) is 0 Å². The lowest BCUT2D eigenvalue weighted by molar-refractivity contribution is 0.410. The van der Waals surface area contributed by atoms with Gasteiger partial charge in [-0.3, -0.25) is 4.68 Å². The molecule has 0 saturated heterocycles. The van der Waals surface area contributed by atoms with E-state index in [1.54, 1.807) is 10.7 Å². The van der Waals surface area contributed by atoms with E-state index in [2.05, 4.69) is 5.10 Å². The third-order valence-corrected chi connectivity index (χ3v) is 4.27. The van der Waals surface area contributed by atoms with Gasteiger partial charge in [0.1, 0.15) is 5.82 Å². The molecule has 0 amide bonds. The SMILES string of the molecule is CCC(N)(Cc1c(Cl)c(C)nn1C)c1cccc(F)c1. The van der Waals surface area contributed by atoms with Crippen molar-refractivity contribution >= 4 is 11.6 Å². The first-order valence-electron chi connectivity index (χ1n) is 6.60. The van der Waals surface area contributed by atoms with Gasteiger partial charge in [0.05, 0.1) is 16.4 Å². The van der Waals surface area contributed by atoms with E-state index >= 15 is 0 Å². The number of rotatable bonds is 4. The second kappa shape index (κ2) is 5.54. The van der Waals surface area contributed by atoms with Crippen molar-refractivity contribution < 1.29 is 4.39 Å². The van der Waals surface area contributed by atoms with Crippen LogP contribution in [0.1, 0.15) is 30.3 Å². The van der Waals surface area contributed by atoms with Crippen LogP contribution in [0.2, 0.25) is 5.02 Å². The first-order valence-corrected chi connectivity index (χ1v) is 6.98. The molecule has 20 heavy (non-hydrogen) atoms. The maximum Gasteiger partial charge on any atom is 0.123 e. The summed E-state index contributed by atoms with van der Waals surface area (Å²) >= 11 is 6.28. The Morgan fingerprint density at radius 2 is 2.15 bits per heavy atom. The standard InChI is InChI=1S/C15H19ClFN3/c1-4-15(18,11-6-5-7-12(17)8-11)9-13-14(16)10(2)19-20(13)3/h5-8H,4,9,18H2,1-3H3. The molecule has 1 unspecified atom stereocenters. The van der Waals surface area contributed by atoms with Gasteiger partial charge in [-0.2, -0.15) is 5.10 Å². The lowest BCUT2D eigenvalue weighted by Gasteiger charge is -2.29. The van der Waals surface area contributed by atoms with Crippen LogP contribution in [-0.2, 0) is 19.0 Å². The van der Waals surface area contributed by atoms with E-state index in [0.29, 0.717) is 17.9 Å². The summed E-state index contributed by atoms with van der Waals surface area (Å²) in [6, 6.07) is 6.43. The highest BCUT2D eigenvalue weighted by Gasteiger charge is 2.29. The molecule has 0 aliphatic heterocycles. The Hall–Kier alpha value is -1.39. The molecule has 2 aromatic rings. The third-order valence-electron chi connectivity index (χ3n) is 3.77. The highest BCUT2D eigenvalue weighted by Crippen LogP contribution is 2.30. The van der Waals surface area contributed by atoms with E-state index in [0.717, 1.165) is 17.0 Å². The summed E-state index contributed by atoms with van der Waals surface area (Å²) in [5.41, 5.74) is 8.26. The zero-order chi connectivity index (χ0) is 14.9. The van der Waals surface area contributed by atoms with Crippen LogP contribution >= 0.6 is 11.6 Å². The normalized spacial score (nSPS) is 14.3. The lowest BCUT2D eigenvalue weighted by atomic mass is 9.84. The molecule has 2 rings (SSSR count). The number of benzene rings is 1. The predicted molar refractivity (Wildman–Crippen MR) is 79.2 cm³/mol. The zero-order valence-corrected chi connectivity index (χ0v) is 12.7. The number of hydrogen-bond acceptors (Lipinski definition) is 2. The van der Waals surface area contributed by atoms with Crippen LogP contribution < -0.4 is 5.73 Å². The fraction of sp³-hybridized carbons (Fsp3) is 0.400. The summed E-state index contributed by atoms with van der Waals surface area (Å²) in [7, 11) is 1.84. The molecule has 0 radical (unpaired) electrons. The Kier molecular flexibility index (Phi) is 4.16. The summed E-state index contributed by atoms with van der Waals surface area (Å²) in [5.74, 6) is -0.280. The van der Waals surface area contributed by atoms with Crippen LogP contribution in [0.25, 0.3) is 0 Å².